The van der Waals surface area contributed by atoms with Gasteiger partial charge in [-0.3, -0.25) is 9.63 Å². The average molecular weight is 407 g/mol. The van der Waals surface area contributed by atoms with Gasteiger partial charge in [0.2, 0.25) is 0 Å². The Bertz CT molecular complexity index is 1100. The summed E-state index contributed by atoms with van der Waals surface area (Å²) < 4.78 is 25.1. The first-order valence-corrected chi connectivity index (χ1v) is 9.50. The molecule has 0 saturated heterocycles. The molecule has 1 N–H and O–H groups in total. The predicted octanol–water partition coefficient (Wildman–Crippen LogP) is 2.72. The van der Waals surface area contributed by atoms with E-state index >= 15 is 0 Å². The molecule has 1 heterocycles. The van der Waals surface area contributed by atoms with Crippen molar-refractivity contribution >= 4 is 44.4 Å². The van der Waals surface area contributed by atoms with Crippen molar-refractivity contribution in [2.45, 2.75) is 4.90 Å². The molecule has 3 rings (SSSR count). The molecule has 8 nitrogen and oxygen atoms in total. The van der Waals surface area contributed by atoms with Crippen molar-refractivity contribution < 1.29 is 18.0 Å². The summed E-state index contributed by atoms with van der Waals surface area (Å²) >= 11 is 6.04. The Morgan fingerprint density at radius 3 is 2.56 bits per heavy atom. The zero-order valence-electron chi connectivity index (χ0n) is 14.4. The van der Waals surface area contributed by atoms with Gasteiger partial charge in [-0.05, 0) is 36.4 Å². The van der Waals surface area contributed by atoms with Crippen LogP contribution in [0.4, 0.5) is 5.82 Å². The van der Waals surface area contributed by atoms with E-state index in [1.807, 2.05) is 0 Å². The third-order valence-electron chi connectivity index (χ3n) is 3.77. The van der Waals surface area contributed by atoms with Gasteiger partial charge in [0.25, 0.3) is 15.9 Å². The van der Waals surface area contributed by atoms with Crippen molar-refractivity contribution in [3.05, 3.63) is 59.2 Å². The van der Waals surface area contributed by atoms with Crippen LogP contribution in [0.3, 0.4) is 0 Å². The first-order chi connectivity index (χ1) is 12.8. The van der Waals surface area contributed by atoms with Crippen LogP contribution in [0.2, 0.25) is 5.02 Å². The van der Waals surface area contributed by atoms with Crippen LogP contribution in [0.1, 0.15) is 10.4 Å². The molecule has 140 valence electrons. The highest BCUT2D eigenvalue weighted by Crippen LogP contribution is 2.21. The molecule has 0 radical (unpaired) electrons. The van der Waals surface area contributed by atoms with E-state index in [-0.39, 0.29) is 16.3 Å². The van der Waals surface area contributed by atoms with Crippen molar-refractivity contribution in [2.75, 3.05) is 19.5 Å². The number of benzene rings is 2. The Kier molecular flexibility index (Phi) is 5.38. The average Bonchev–Trinajstić information content (AvgIpc) is 2.67. The minimum Gasteiger partial charge on any atom is -0.305 e. The predicted molar refractivity (Wildman–Crippen MR) is 101 cm³/mol. The van der Waals surface area contributed by atoms with Crippen LogP contribution in [0.25, 0.3) is 11.0 Å². The van der Waals surface area contributed by atoms with E-state index in [0.29, 0.717) is 16.1 Å². The molecule has 10 heteroatoms. The number of nitrogens with one attached hydrogen (secondary N) is 1. The second kappa shape index (κ2) is 7.57. The Labute approximate surface area is 160 Å². The van der Waals surface area contributed by atoms with Crippen molar-refractivity contribution in [1.29, 1.82) is 0 Å². The van der Waals surface area contributed by atoms with Crippen LogP contribution in [0.5, 0.6) is 0 Å². The smallest absolute Gasteiger partial charge is 0.264 e. The topological polar surface area (TPSA) is 101 Å². The molecular formula is C17H15ClN4O4S. The maximum absolute atomic E-state index is 12.4. The summed E-state index contributed by atoms with van der Waals surface area (Å²) in [4.78, 5) is 25.6. The molecule has 0 unspecified atom stereocenters. The van der Waals surface area contributed by atoms with Crippen molar-refractivity contribution in [3.63, 3.8) is 0 Å². The van der Waals surface area contributed by atoms with Crippen molar-refractivity contribution in [2.24, 2.45) is 0 Å². The number of nitrogens with zero attached hydrogens (tertiary/aromatic N) is 3. The Hall–Kier alpha value is -2.59. The highest BCUT2D eigenvalue weighted by atomic mass is 35.5. The number of carbonyl (C=O) groups is 1. The van der Waals surface area contributed by atoms with Crippen LogP contribution in [-0.4, -0.2) is 42.9 Å². The minimum absolute atomic E-state index is 0.00328. The fourth-order valence-corrected chi connectivity index (χ4v) is 3.47. The normalized spacial score (nSPS) is 11.7. The molecule has 0 aliphatic rings. The van der Waals surface area contributed by atoms with Gasteiger partial charge >= 0.3 is 0 Å². The number of aromatic nitrogens is 2. The number of hydroxylamine groups is 1. The first-order valence-electron chi connectivity index (χ1n) is 7.68. The van der Waals surface area contributed by atoms with Gasteiger partial charge in [-0.2, -0.15) is 0 Å². The number of anilines is 1. The Balaban J connectivity index is 1.81. The summed E-state index contributed by atoms with van der Waals surface area (Å²) in [5.41, 5.74) is 1.35. The lowest BCUT2D eigenvalue weighted by Gasteiger charge is -2.14. The SMILES string of the molecule is CON(C)S(=O)(=O)c1ccc(C(=O)Nc2cnc3c(Cl)cccc3n2)cc1. The van der Waals surface area contributed by atoms with Gasteiger partial charge in [-0.1, -0.05) is 22.1 Å². The van der Waals surface area contributed by atoms with Gasteiger partial charge in [-0.25, -0.2) is 18.4 Å². The van der Waals surface area contributed by atoms with Gasteiger partial charge in [0, 0.05) is 12.6 Å². The second-order valence-corrected chi connectivity index (χ2v) is 7.78. The molecule has 3 aromatic rings. The van der Waals surface area contributed by atoms with Crippen LogP contribution in [0, 0.1) is 0 Å². The Morgan fingerprint density at radius 2 is 1.89 bits per heavy atom. The van der Waals surface area contributed by atoms with Gasteiger partial charge in [-0.15, -0.1) is 0 Å². The van der Waals surface area contributed by atoms with E-state index < -0.39 is 15.9 Å². The number of halogens is 1. The van der Waals surface area contributed by atoms with Gasteiger partial charge in [0.05, 0.1) is 28.7 Å². The lowest BCUT2D eigenvalue weighted by atomic mass is 10.2. The van der Waals surface area contributed by atoms with Crippen LogP contribution in [0.15, 0.2) is 53.6 Å². The molecule has 2 aromatic carbocycles. The fraction of sp³-hybridized carbons (Fsp3) is 0.118. The molecule has 0 atom stereocenters. The maximum Gasteiger partial charge on any atom is 0.264 e. The molecule has 27 heavy (non-hydrogen) atoms. The highest BCUT2D eigenvalue weighted by molar-refractivity contribution is 7.89. The van der Waals surface area contributed by atoms with Crippen LogP contribution < -0.4 is 5.32 Å². The number of para-hydroxylation sites is 1. The molecule has 0 fully saturated rings. The van der Waals surface area contributed by atoms with E-state index in [0.717, 1.165) is 4.47 Å². The number of sulfonamides is 1. The van der Waals surface area contributed by atoms with Gasteiger partial charge in [0.1, 0.15) is 5.52 Å². The molecule has 1 aromatic heterocycles. The molecule has 0 spiro atoms. The number of hydrogen-bond acceptors (Lipinski definition) is 6. The van der Waals surface area contributed by atoms with E-state index in [2.05, 4.69) is 15.3 Å². The highest BCUT2D eigenvalue weighted by Gasteiger charge is 2.21. The summed E-state index contributed by atoms with van der Waals surface area (Å²) in [5, 5.41) is 3.09. The summed E-state index contributed by atoms with van der Waals surface area (Å²) in [6.45, 7) is 0. The number of amides is 1. The molecule has 0 aliphatic heterocycles. The lowest BCUT2D eigenvalue weighted by Crippen LogP contribution is -2.25. The maximum atomic E-state index is 12.4. The summed E-state index contributed by atoms with van der Waals surface area (Å²) in [6, 6.07) is 10.6. The largest absolute Gasteiger partial charge is 0.305 e. The van der Waals surface area contributed by atoms with Crippen LogP contribution in [-0.2, 0) is 14.9 Å². The van der Waals surface area contributed by atoms with Gasteiger partial charge in [0.15, 0.2) is 5.82 Å². The number of rotatable bonds is 5. The molecule has 1 amide bonds. The van der Waals surface area contributed by atoms with E-state index in [1.54, 1.807) is 18.2 Å². The second-order valence-electron chi connectivity index (χ2n) is 5.44. The minimum atomic E-state index is -3.77. The summed E-state index contributed by atoms with van der Waals surface area (Å²) in [6.07, 6.45) is 1.40. The Morgan fingerprint density at radius 1 is 1.19 bits per heavy atom. The quantitative estimate of drug-likeness (QED) is 0.653. The fourth-order valence-electron chi connectivity index (χ4n) is 2.28. The van der Waals surface area contributed by atoms with E-state index in [4.69, 9.17) is 16.4 Å². The molecule has 0 aliphatic carbocycles. The van der Waals surface area contributed by atoms with E-state index in [9.17, 15) is 13.2 Å². The zero-order chi connectivity index (χ0) is 19.6. The molecular weight excluding hydrogens is 392 g/mol. The monoisotopic (exact) mass is 406 g/mol. The zero-order valence-corrected chi connectivity index (χ0v) is 16.0. The number of fused-ring (bicyclic) bond motifs is 1. The van der Waals surface area contributed by atoms with Crippen LogP contribution >= 0.6 is 11.6 Å². The lowest BCUT2D eigenvalue weighted by molar-refractivity contribution is -0.0258. The first kappa shape index (κ1) is 19.2. The molecule has 0 bridgehead atoms. The number of hydrogen-bond donors (Lipinski definition) is 1. The van der Waals surface area contributed by atoms with Crippen molar-refractivity contribution in [3.8, 4) is 0 Å². The van der Waals surface area contributed by atoms with Gasteiger partial charge < -0.3 is 5.32 Å². The van der Waals surface area contributed by atoms with E-state index in [1.165, 1.54) is 44.6 Å². The third-order valence-corrected chi connectivity index (χ3v) is 5.77. The third kappa shape index (κ3) is 3.91. The summed E-state index contributed by atoms with van der Waals surface area (Å²) in [7, 11) is -1.25. The molecule has 0 saturated carbocycles. The standard InChI is InChI=1S/C17H15ClN4O4S/c1-22(26-2)27(24,25)12-8-6-11(7-9-12)17(23)21-15-10-19-16-13(18)4-3-5-14(16)20-15/h3-10H,1-2H3,(H,20,21,23). The summed E-state index contributed by atoms with van der Waals surface area (Å²) in [5.74, 6) is -0.194. The van der Waals surface area contributed by atoms with Crippen molar-refractivity contribution in [1.82, 2.24) is 14.4 Å². The number of carbonyl (C=O) groups excluding carboxylic acids is 1.